The summed E-state index contributed by atoms with van der Waals surface area (Å²) in [5.41, 5.74) is 7.92. The molecule has 0 saturated carbocycles. The highest BCUT2D eigenvalue weighted by atomic mass is 32.1. The molecule has 11 aromatic rings. The van der Waals surface area contributed by atoms with E-state index in [1.165, 1.54) is 80.0 Å². The molecule has 8 aromatic carbocycles. The Morgan fingerprint density at radius 2 is 0.979 bits per heavy atom. The van der Waals surface area contributed by atoms with Gasteiger partial charge in [0.05, 0.1) is 21.4 Å². The van der Waals surface area contributed by atoms with Crippen LogP contribution in [0.3, 0.4) is 0 Å². The summed E-state index contributed by atoms with van der Waals surface area (Å²) in [5, 5.41) is 12.9. The number of aromatic nitrogens is 2. The van der Waals surface area contributed by atoms with Gasteiger partial charge in [-0.15, -0.1) is 11.3 Å². The van der Waals surface area contributed by atoms with Crippen LogP contribution >= 0.6 is 11.3 Å². The van der Waals surface area contributed by atoms with Crippen LogP contribution in [0.15, 0.2) is 158 Å². The van der Waals surface area contributed by atoms with Crippen LogP contribution in [0.4, 0.5) is 0 Å². The van der Waals surface area contributed by atoms with Crippen molar-refractivity contribution in [3.63, 3.8) is 0 Å². The van der Waals surface area contributed by atoms with Gasteiger partial charge in [-0.3, -0.25) is 4.40 Å². The van der Waals surface area contributed by atoms with Crippen molar-refractivity contribution < 1.29 is 0 Å². The summed E-state index contributed by atoms with van der Waals surface area (Å²) >= 11 is 1.86. The molecule has 0 radical (unpaired) electrons. The van der Waals surface area contributed by atoms with Crippen molar-refractivity contribution in [1.82, 2.24) is 9.38 Å². The molecular weight excluding hydrogens is 601 g/mol. The topological polar surface area (TPSA) is 17.3 Å². The second-order valence-corrected chi connectivity index (χ2v) is 13.7. The first-order valence-corrected chi connectivity index (χ1v) is 17.2. The predicted molar refractivity (Wildman–Crippen MR) is 206 cm³/mol. The molecule has 2 nitrogen and oxygen atoms in total. The number of para-hydroxylation sites is 2. The van der Waals surface area contributed by atoms with Crippen LogP contribution in [0.25, 0.3) is 102 Å². The van der Waals surface area contributed by atoms with Crippen LogP contribution in [-0.2, 0) is 0 Å². The van der Waals surface area contributed by atoms with E-state index in [4.69, 9.17) is 4.98 Å². The molecule has 0 saturated heterocycles. The molecule has 0 aliphatic rings. The number of hydrogen-bond acceptors (Lipinski definition) is 2. The van der Waals surface area contributed by atoms with Gasteiger partial charge in [0, 0.05) is 15.5 Å². The maximum absolute atomic E-state index is 5.22. The summed E-state index contributed by atoms with van der Waals surface area (Å²) in [6, 6.07) is 57.7. The second kappa shape index (κ2) is 9.74. The van der Waals surface area contributed by atoms with E-state index in [1.54, 1.807) is 0 Å². The maximum atomic E-state index is 5.22. The molecule has 222 valence electrons. The molecule has 0 unspecified atom stereocenters. The summed E-state index contributed by atoms with van der Waals surface area (Å²) in [5.74, 6) is 0. The fourth-order valence-corrected chi connectivity index (χ4v) is 9.21. The Labute approximate surface area is 279 Å². The maximum Gasteiger partial charge on any atom is 0.156 e. The molecular formula is C45H26N2S. The minimum Gasteiger partial charge on any atom is -0.291 e. The lowest BCUT2D eigenvalue weighted by Gasteiger charge is -2.13. The highest BCUT2D eigenvalue weighted by Gasteiger charge is 2.19. The highest BCUT2D eigenvalue weighted by Crippen LogP contribution is 2.43. The van der Waals surface area contributed by atoms with Crippen LogP contribution in [0, 0.1) is 0 Å². The van der Waals surface area contributed by atoms with Gasteiger partial charge in [0.25, 0.3) is 0 Å². The second-order valence-electron chi connectivity index (χ2n) is 12.7. The Morgan fingerprint density at radius 1 is 0.396 bits per heavy atom. The molecule has 0 fully saturated rings. The number of thiophene rings is 1. The highest BCUT2D eigenvalue weighted by molar-refractivity contribution is 7.27. The molecule has 0 N–H and O–H groups in total. The zero-order chi connectivity index (χ0) is 31.3. The number of pyridine rings is 1. The van der Waals surface area contributed by atoms with Crippen molar-refractivity contribution in [3.8, 4) is 22.4 Å². The minimum atomic E-state index is 1.01. The van der Waals surface area contributed by atoms with E-state index in [1.807, 2.05) is 11.3 Å². The third-order valence-corrected chi connectivity index (χ3v) is 11.4. The Hall–Kier alpha value is -6.03. The third-order valence-electron chi connectivity index (χ3n) is 10.2. The molecule has 0 aliphatic heterocycles. The van der Waals surface area contributed by atoms with Gasteiger partial charge >= 0.3 is 0 Å². The zero-order valence-corrected chi connectivity index (χ0v) is 26.6. The lowest BCUT2D eigenvalue weighted by atomic mass is 9.92. The lowest BCUT2D eigenvalue weighted by molar-refractivity contribution is 1.25. The van der Waals surface area contributed by atoms with Crippen LogP contribution in [0.2, 0.25) is 0 Å². The smallest absolute Gasteiger partial charge is 0.156 e. The van der Waals surface area contributed by atoms with Gasteiger partial charge in [-0.05, 0) is 84.0 Å². The van der Waals surface area contributed by atoms with Crippen LogP contribution in [-0.4, -0.2) is 9.38 Å². The third kappa shape index (κ3) is 3.59. The van der Waals surface area contributed by atoms with E-state index in [0.717, 1.165) is 22.4 Å². The van der Waals surface area contributed by atoms with Crippen molar-refractivity contribution >= 4 is 91.3 Å². The van der Waals surface area contributed by atoms with E-state index in [0.29, 0.717) is 0 Å². The standard InChI is InChI=1S/C45H26N2S/c1-2-10-31-28(9-1)21-24-37-39-26-42(47-41-16-8-7-15-40(41)46-45(47)44(39)48-43(31)37)29-19-17-27(18-20-29)30-22-23-36-34-13-4-3-11-32(34)33-12-5-6-14-35(33)38(36)25-30/h1-26H. The Balaban J connectivity index is 1.12. The summed E-state index contributed by atoms with van der Waals surface area (Å²) in [6.45, 7) is 0. The number of rotatable bonds is 2. The molecule has 11 rings (SSSR count). The first-order valence-electron chi connectivity index (χ1n) is 16.4. The average molecular weight is 627 g/mol. The van der Waals surface area contributed by atoms with E-state index in [2.05, 4.69) is 162 Å². The SMILES string of the molecule is c1ccc2c(c1)ccc1c3cc(-c4ccc(-c5ccc6c7ccccc7c7ccccc7c6c5)cc4)n4c5ccccc5nc4c3sc21. The van der Waals surface area contributed by atoms with Gasteiger partial charge < -0.3 is 0 Å². The van der Waals surface area contributed by atoms with Crippen molar-refractivity contribution in [1.29, 1.82) is 0 Å². The van der Waals surface area contributed by atoms with Gasteiger partial charge in [0.1, 0.15) is 0 Å². The van der Waals surface area contributed by atoms with Crippen molar-refractivity contribution in [2.45, 2.75) is 0 Å². The first kappa shape index (κ1) is 26.1. The van der Waals surface area contributed by atoms with Crippen molar-refractivity contribution in [3.05, 3.63) is 158 Å². The molecule has 0 amide bonds. The summed E-state index contributed by atoms with van der Waals surface area (Å²) in [7, 11) is 0. The van der Waals surface area contributed by atoms with Gasteiger partial charge in [-0.2, -0.15) is 0 Å². The molecule has 0 atom stereocenters. The molecule has 48 heavy (non-hydrogen) atoms. The molecule has 3 heterocycles. The van der Waals surface area contributed by atoms with Crippen LogP contribution in [0.5, 0.6) is 0 Å². The number of fused-ring (bicyclic) bond motifs is 15. The van der Waals surface area contributed by atoms with Crippen LogP contribution in [0.1, 0.15) is 0 Å². The first-order chi connectivity index (χ1) is 23.8. The van der Waals surface area contributed by atoms with Crippen molar-refractivity contribution in [2.75, 3.05) is 0 Å². The summed E-state index contributed by atoms with van der Waals surface area (Å²) in [4.78, 5) is 5.22. The number of hydrogen-bond donors (Lipinski definition) is 0. The summed E-state index contributed by atoms with van der Waals surface area (Å²) < 4.78 is 4.91. The van der Waals surface area contributed by atoms with Crippen LogP contribution < -0.4 is 0 Å². The normalized spacial score (nSPS) is 12.2. The van der Waals surface area contributed by atoms with Gasteiger partial charge in [-0.1, -0.05) is 133 Å². The number of nitrogens with zero attached hydrogens (tertiary/aromatic N) is 2. The zero-order valence-electron chi connectivity index (χ0n) is 25.8. The fraction of sp³-hybridized carbons (Fsp3) is 0. The average Bonchev–Trinajstić information content (AvgIpc) is 3.74. The van der Waals surface area contributed by atoms with E-state index >= 15 is 0 Å². The predicted octanol–water partition coefficient (Wildman–Crippen LogP) is 12.8. The Kier molecular flexibility index (Phi) is 5.29. The molecule has 3 heteroatoms. The number of benzene rings is 8. The molecule has 0 aliphatic carbocycles. The molecule has 0 bridgehead atoms. The fourth-order valence-electron chi connectivity index (χ4n) is 7.91. The van der Waals surface area contributed by atoms with Gasteiger partial charge in [-0.25, -0.2) is 4.98 Å². The molecule has 0 spiro atoms. The monoisotopic (exact) mass is 626 g/mol. The Morgan fingerprint density at radius 3 is 1.75 bits per heavy atom. The van der Waals surface area contributed by atoms with E-state index in [-0.39, 0.29) is 0 Å². The largest absolute Gasteiger partial charge is 0.291 e. The summed E-state index contributed by atoms with van der Waals surface area (Å²) in [6.07, 6.45) is 0. The lowest BCUT2D eigenvalue weighted by Crippen LogP contribution is -1.93. The van der Waals surface area contributed by atoms with E-state index < -0.39 is 0 Å². The Bertz CT molecular complexity index is 3070. The van der Waals surface area contributed by atoms with E-state index in [9.17, 15) is 0 Å². The van der Waals surface area contributed by atoms with Gasteiger partial charge in [0.15, 0.2) is 5.65 Å². The number of imidazole rings is 1. The molecule has 3 aromatic heterocycles. The van der Waals surface area contributed by atoms with Crippen molar-refractivity contribution in [2.24, 2.45) is 0 Å². The minimum absolute atomic E-state index is 1.01. The quantitative estimate of drug-likeness (QED) is 0.175. The van der Waals surface area contributed by atoms with Gasteiger partial charge in [0.2, 0.25) is 0 Å².